The summed E-state index contributed by atoms with van der Waals surface area (Å²) in [6, 6.07) is 0. The Hall–Kier alpha value is -1.91. The van der Waals surface area contributed by atoms with Gasteiger partial charge in [-0.15, -0.1) is 0 Å². The van der Waals surface area contributed by atoms with Gasteiger partial charge in [-0.1, -0.05) is 67.7 Å². The van der Waals surface area contributed by atoms with E-state index in [4.69, 9.17) is 5.73 Å². The fourth-order valence-corrected chi connectivity index (χ4v) is 2.56. The van der Waals surface area contributed by atoms with Gasteiger partial charge in [0.15, 0.2) is 0 Å². The van der Waals surface area contributed by atoms with Crippen LogP contribution >= 0.6 is 0 Å². The molecule has 0 spiro atoms. The predicted octanol–water partition coefficient (Wildman–Crippen LogP) is 4.91. The number of likely N-dealkylation sites (N-methyl/N-ethyl adjacent to an activating group) is 1. The van der Waals surface area contributed by atoms with Crippen LogP contribution in [0.1, 0.15) is 58.3 Å². The minimum Gasteiger partial charge on any atom is -0.355 e. The van der Waals surface area contributed by atoms with E-state index in [1.165, 1.54) is 0 Å². The molecule has 0 aliphatic heterocycles. The predicted molar refractivity (Wildman–Crippen MR) is 128 cm³/mol. The number of rotatable bonds is 18. The molecule has 0 aliphatic carbocycles. The average Bonchev–Trinajstić information content (AvgIpc) is 2.70. The Kier molecular flexibility index (Phi) is 20.9. The Morgan fingerprint density at radius 1 is 0.828 bits per heavy atom. The molecule has 164 valence electrons. The van der Waals surface area contributed by atoms with Crippen molar-refractivity contribution in [3.8, 4) is 0 Å². The largest absolute Gasteiger partial charge is 0.355 e. The Morgan fingerprint density at radius 2 is 1.34 bits per heavy atom. The number of carbonyl (C=O) groups is 1. The number of hydrogen-bond donors (Lipinski definition) is 2. The van der Waals surface area contributed by atoms with Gasteiger partial charge in [0.05, 0.1) is 0 Å². The van der Waals surface area contributed by atoms with Gasteiger partial charge in [0.25, 0.3) is 0 Å². The van der Waals surface area contributed by atoms with Crippen LogP contribution in [0, 0.1) is 0 Å². The lowest BCUT2D eigenvalue weighted by Gasteiger charge is -2.15. The SMILES string of the molecule is CCC=CCC=CCC=CCC=CCC=CCCCC(=O)NCCN(C)CCN. The van der Waals surface area contributed by atoms with Gasteiger partial charge in [-0.25, -0.2) is 0 Å². The molecule has 3 N–H and O–H groups in total. The molecule has 0 fully saturated rings. The van der Waals surface area contributed by atoms with Gasteiger partial charge in [-0.2, -0.15) is 0 Å². The summed E-state index contributed by atoms with van der Waals surface area (Å²) in [5.41, 5.74) is 5.49. The zero-order valence-corrected chi connectivity index (χ0v) is 18.7. The van der Waals surface area contributed by atoms with E-state index < -0.39 is 0 Å². The van der Waals surface area contributed by atoms with Crippen molar-refractivity contribution < 1.29 is 4.79 Å². The van der Waals surface area contributed by atoms with Crippen LogP contribution in [0.25, 0.3) is 0 Å². The summed E-state index contributed by atoms with van der Waals surface area (Å²) in [5, 5.41) is 2.96. The van der Waals surface area contributed by atoms with Crippen LogP contribution in [-0.2, 0) is 4.79 Å². The fraction of sp³-hybridized carbons (Fsp3) is 0.560. The standard InChI is InChI=1S/C25H43N3O/c1-3-4-5-6-7-8-9-10-11-12-13-14-15-16-17-18-19-20-25(29)27-22-24-28(2)23-21-26/h4-5,7-8,10-11,13-14,16-17H,3,6,9,12,15,18-24,26H2,1-2H3,(H,27,29). The lowest BCUT2D eigenvalue weighted by Crippen LogP contribution is -2.35. The second-order valence-corrected chi connectivity index (χ2v) is 7.04. The van der Waals surface area contributed by atoms with Crippen molar-refractivity contribution >= 4 is 5.91 Å². The van der Waals surface area contributed by atoms with E-state index in [0.29, 0.717) is 19.5 Å². The third-order valence-electron chi connectivity index (χ3n) is 4.26. The normalized spacial score (nSPS) is 12.7. The van der Waals surface area contributed by atoms with Crippen LogP contribution in [0.5, 0.6) is 0 Å². The van der Waals surface area contributed by atoms with E-state index in [-0.39, 0.29) is 5.91 Å². The van der Waals surface area contributed by atoms with Gasteiger partial charge in [0, 0.05) is 32.6 Å². The molecule has 4 heteroatoms. The second-order valence-electron chi connectivity index (χ2n) is 7.04. The molecule has 0 rings (SSSR count). The molecule has 0 aliphatic rings. The smallest absolute Gasteiger partial charge is 0.220 e. The molecular formula is C25H43N3O. The maximum absolute atomic E-state index is 11.7. The average molecular weight is 402 g/mol. The van der Waals surface area contributed by atoms with Crippen molar-refractivity contribution in [3.05, 3.63) is 60.8 Å². The molecule has 4 nitrogen and oxygen atoms in total. The summed E-state index contributed by atoms with van der Waals surface area (Å²) < 4.78 is 0. The molecular weight excluding hydrogens is 358 g/mol. The Balaban J connectivity index is 3.53. The van der Waals surface area contributed by atoms with Crippen molar-refractivity contribution in [1.82, 2.24) is 10.2 Å². The molecule has 0 atom stereocenters. The van der Waals surface area contributed by atoms with Crippen LogP contribution in [-0.4, -0.2) is 44.0 Å². The minimum absolute atomic E-state index is 0.138. The summed E-state index contributed by atoms with van der Waals surface area (Å²) in [6.45, 7) is 5.20. The first-order valence-corrected chi connectivity index (χ1v) is 11.1. The van der Waals surface area contributed by atoms with E-state index in [9.17, 15) is 4.79 Å². The highest BCUT2D eigenvalue weighted by atomic mass is 16.1. The van der Waals surface area contributed by atoms with E-state index in [1.54, 1.807) is 0 Å². The van der Waals surface area contributed by atoms with Crippen molar-refractivity contribution in [2.24, 2.45) is 5.73 Å². The highest BCUT2D eigenvalue weighted by Crippen LogP contribution is 1.99. The molecule has 0 unspecified atom stereocenters. The molecule has 0 bridgehead atoms. The monoisotopic (exact) mass is 401 g/mol. The highest BCUT2D eigenvalue weighted by molar-refractivity contribution is 5.75. The van der Waals surface area contributed by atoms with Crippen LogP contribution < -0.4 is 11.1 Å². The lowest BCUT2D eigenvalue weighted by atomic mass is 10.2. The van der Waals surface area contributed by atoms with Crippen LogP contribution in [0.2, 0.25) is 0 Å². The summed E-state index contributed by atoms with van der Waals surface area (Å²) in [7, 11) is 2.01. The molecule has 1 amide bonds. The summed E-state index contributed by atoms with van der Waals surface area (Å²) in [4.78, 5) is 13.9. The summed E-state index contributed by atoms with van der Waals surface area (Å²) in [5.74, 6) is 0.138. The number of nitrogens with two attached hydrogens (primary N) is 1. The topological polar surface area (TPSA) is 58.4 Å². The van der Waals surface area contributed by atoms with Gasteiger partial charge >= 0.3 is 0 Å². The van der Waals surface area contributed by atoms with Gasteiger partial charge in [0.1, 0.15) is 0 Å². The van der Waals surface area contributed by atoms with Crippen LogP contribution in [0.15, 0.2) is 60.8 Å². The van der Waals surface area contributed by atoms with Crippen LogP contribution in [0.3, 0.4) is 0 Å². The Bertz CT molecular complexity index is 518. The number of hydrogen-bond acceptors (Lipinski definition) is 3. The molecule has 0 saturated heterocycles. The first-order chi connectivity index (χ1) is 14.2. The van der Waals surface area contributed by atoms with Crippen molar-refractivity contribution in [3.63, 3.8) is 0 Å². The minimum atomic E-state index is 0.138. The highest BCUT2D eigenvalue weighted by Gasteiger charge is 2.01. The number of carbonyl (C=O) groups excluding carboxylic acids is 1. The van der Waals surface area contributed by atoms with Crippen LogP contribution in [0.4, 0.5) is 0 Å². The first kappa shape index (κ1) is 27.1. The number of nitrogens with one attached hydrogen (secondary N) is 1. The molecule has 0 heterocycles. The van der Waals surface area contributed by atoms with Gasteiger partial charge < -0.3 is 16.0 Å². The quantitative estimate of drug-likeness (QED) is 0.253. The number of amides is 1. The van der Waals surface area contributed by atoms with Gasteiger partial charge in [-0.3, -0.25) is 4.79 Å². The number of nitrogens with zero attached hydrogens (tertiary/aromatic N) is 1. The Labute approximate surface area is 179 Å². The number of unbranched alkanes of at least 4 members (excludes halogenated alkanes) is 1. The van der Waals surface area contributed by atoms with E-state index >= 15 is 0 Å². The molecule has 0 aromatic rings. The third-order valence-corrected chi connectivity index (χ3v) is 4.26. The first-order valence-electron chi connectivity index (χ1n) is 11.1. The maximum Gasteiger partial charge on any atom is 0.220 e. The van der Waals surface area contributed by atoms with E-state index in [1.807, 2.05) is 7.05 Å². The van der Waals surface area contributed by atoms with Gasteiger partial charge in [0.2, 0.25) is 5.91 Å². The van der Waals surface area contributed by atoms with Crippen molar-refractivity contribution in [2.45, 2.75) is 58.3 Å². The maximum atomic E-state index is 11.7. The molecule has 29 heavy (non-hydrogen) atoms. The van der Waals surface area contributed by atoms with E-state index in [0.717, 1.165) is 58.0 Å². The zero-order valence-electron chi connectivity index (χ0n) is 18.7. The fourth-order valence-electron chi connectivity index (χ4n) is 2.56. The van der Waals surface area contributed by atoms with Crippen molar-refractivity contribution in [2.75, 3.05) is 33.2 Å². The molecule has 0 saturated carbocycles. The zero-order chi connectivity index (χ0) is 21.4. The van der Waals surface area contributed by atoms with E-state index in [2.05, 4.69) is 77.9 Å². The molecule has 0 aromatic heterocycles. The summed E-state index contributed by atoms with van der Waals surface area (Å²) in [6.07, 6.45) is 29.5. The number of allylic oxidation sites excluding steroid dienone is 10. The second kappa shape index (κ2) is 22.4. The van der Waals surface area contributed by atoms with Crippen molar-refractivity contribution in [1.29, 1.82) is 0 Å². The lowest BCUT2D eigenvalue weighted by molar-refractivity contribution is -0.121. The Morgan fingerprint density at radius 3 is 1.86 bits per heavy atom. The molecule has 0 radical (unpaired) electrons. The molecule has 0 aromatic carbocycles. The summed E-state index contributed by atoms with van der Waals surface area (Å²) >= 11 is 0. The van der Waals surface area contributed by atoms with Gasteiger partial charge in [-0.05, 0) is 52.0 Å². The third kappa shape index (κ3) is 22.2.